The van der Waals surface area contributed by atoms with Crippen LogP contribution in [0, 0.1) is 0 Å². The number of aromatic nitrogens is 2. The Bertz CT molecular complexity index is 836. The maximum atomic E-state index is 12.4. The second-order valence-corrected chi connectivity index (χ2v) is 5.05. The van der Waals surface area contributed by atoms with Crippen molar-refractivity contribution in [1.82, 2.24) is 9.97 Å². The maximum absolute atomic E-state index is 12.4. The molecule has 6 heteroatoms. The predicted octanol–water partition coefficient (Wildman–Crippen LogP) is 4.19. The van der Waals surface area contributed by atoms with Crippen LogP contribution in [0.3, 0.4) is 0 Å². The van der Waals surface area contributed by atoms with Gasteiger partial charge in [-0.25, -0.2) is 9.97 Å². The quantitative estimate of drug-likeness (QED) is 0.721. The highest BCUT2D eigenvalue weighted by molar-refractivity contribution is 6.35. The third kappa shape index (κ3) is 2.82. The molecule has 0 spiro atoms. The molecule has 0 aliphatic carbocycles. The van der Waals surface area contributed by atoms with Crippen molar-refractivity contribution in [2.45, 2.75) is 0 Å². The first-order valence-corrected chi connectivity index (χ1v) is 6.88. The fourth-order valence-electron chi connectivity index (χ4n) is 2.00. The number of rotatable bonds is 2. The molecule has 0 saturated heterocycles. The van der Waals surface area contributed by atoms with E-state index in [1.807, 2.05) is 24.3 Å². The number of hydrogen-bond acceptors (Lipinski definition) is 3. The van der Waals surface area contributed by atoms with Crippen LogP contribution >= 0.6 is 23.2 Å². The molecule has 0 bridgehead atoms. The number of benzene rings is 1. The maximum Gasteiger partial charge on any atom is 0.259 e. The summed E-state index contributed by atoms with van der Waals surface area (Å²) in [5, 5.41) is 4.83. The van der Waals surface area contributed by atoms with E-state index in [2.05, 4.69) is 15.3 Å². The third-order valence-electron chi connectivity index (χ3n) is 2.95. The van der Waals surface area contributed by atoms with Crippen molar-refractivity contribution in [2.24, 2.45) is 0 Å². The lowest BCUT2D eigenvalue weighted by Gasteiger charge is -2.08. The normalized spacial score (nSPS) is 10.6. The summed E-state index contributed by atoms with van der Waals surface area (Å²) in [5.41, 5.74) is 0.428. The fourth-order valence-corrected chi connectivity index (χ4v) is 2.38. The van der Waals surface area contributed by atoms with Gasteiger partial charge in [-0.2, -0.15) is 0 Å². The van der Waals surface area contributed by atoms with Gasteiger partial charge in [-0.3, -0.25) is 4.79 Å². The summed E-state index contributed by atoms with van der Waals surface area (Å²) in [6.45, 7) is 0. The zero-order valence-corrected chi connectivity index (χ0v) is 12.2. The summed E-state index contributed by atoms with van der Waals surface area (Å²) < 4.78 is 0. The predicted molar refractivity (Wildman–Crippen MR) is 84.0 cm³/mol. The SMILES string of the molecule is O=C(Nc1cccc(Cl)n1)c1cnc(Cl)c2ccccc12. The number of amides is 1. The van der Waals surface area contributed by atoms with Crippen LogP contribution in [0.5, 0.6) is 0 Å². The molecular weight excluding hydrogens is 309 g/mol. The summed E-state index contributed by atoms with van der Waals surface area (Å²) in [6.07, 6.45) is 1.45. The summed E-state index contributed by atoms with van der Waals surface area (Å²) >= 11 is 11.8. The molecule has 2 heterocycles. The van der Waals surface area contributed by atoms with E-state index in [9.17, 15) is 4.79 Å². The van der Waals surface area contributed by atoms with Gasteiger partial charge >= 0.3 is 0 Å². The van der Waals surface area contributed by atoms with Gasteiger partial charge in [-0.15, -0.1) is 0 Å². The minimum Gasteiger partial charge on any atom is -0.306 e. The van der Waals surface area contributed by atoms with Crippen LogP contribution in [0.25, 0.3) is 10.8 Å². The highest BCUT2D eigenvalue weighted by atomic mass is 35.5. The van der Waals surface area contributed by atoms with Gasteiger partial charge in [0.25, 0.3) is 5.91 Å². The van der Waals surface area contributed by atoms with Gasteiger partial charge in [0, 0.05) is 11.6 Å². The number of nitrogens with one attached hydrogen (secondary N) is 1. The van der Waals surface area contributed by atoms with Gasteiger partial charge in [0.15, 0.2) is 0 Å². The highest BCUT2D eigenvalue weighted by Gasteiger charge is 2.13. The Morgan fingerprint density at radius 1 is 1.00 bits per heavy atom. The van der Waals surface area contributed by atoms with Gasteiger partial charge < -0.3 is 5.32 Å². The zero-order chi connectivity index (χ0) is 14.8. The molecule has 2 aromatic heterocycles. The van der Waals surface area contributed by atoms with Crippen LogP contribution in [0.4, 0.5) is 5.82 Å². The largest absolute Gasteiger partial charge is 0.306 e. The van der Waals surface area contributed by atoms with Crippen molar-refractivity contribution in [2.75, 3.05) is 5.32 Å². The fraction of sp³-hybridized carbons (Fsp3) is 0. The van der Waals surface area contributed by atoms with Crippen LogP contribution in [0.2, 0.25) is 10.3 Å². The number of carbonyl (C=O) groups is 1. The van der Waals surface area contributed by atoms with Crippen molar-refractivity contribution in [3.8, 4) is 0 Å². The number of nitrogens with zero attached hydrogens (tertiary/aromatic N) is 2. The Hall–Kier alpha value is -2.17. The molecular formula is C15H9Cl2N3O. The average Bonchev–Trinajstić information content (AvgIpc) is 2.48. The molecule has 3 rings (SSSR count). The number of carbonyl (C=O) groups excluding carboxylic acids is 1. The minimum absolute atomic E-state index is 0.312. The molecule has 3 aromatic rings. The van der Waals surface area contributed by atoms with E-state index in [0.717, 1.165) is 10.8 Å². The Kier molecular flexibility index (Phi) is 3.73. The lowest BCUT2D eigenvalue weighted by atomic mass is 10.1. The van der Waals surface area contributed by atoms with Gasteiger partial charge in [-0.1, -0.05) is 53.5 Å². The number of fused-ring (bicyclic) bond motifs is 1. The Balaban J connectivity index is 2.01. The first kappa shape index (κ1) is 13.8. The van der Waals surface area contributed by atoms with E-state index in [1.165, 1.54) is 6.20 Å². The number of anilines is 1. The van der Waals surface area contributed by atoms with Gasteiger partial charge in [0.05, 0.1) is 5.56 Å². The number of hydrogen-bond donors (Lipinski definition) is 1. The van der Waals surface area contributed by atoms with E-state index in [-0.39, 0.29) is 5.91 Å². The first-order chi connectivity index (χ1) is 10.1. The van der Waals surface area contributed by atoms with Crippen LogP contribution in [-0.2, 0) is 0 Å². The summed E-state index contributed by atoms with van der Waals surface area (Å²) in [7, 11) is 0. The minimum atomic E-state index is -0.315. The van der Waals surface area contributed by atoms with E-state index in [1.54, 1.807) is 18.2 Å². The lowest BCUT2D eigenvalue weighted by Crippen LogP contribution is -2.13. The molecule has 0 fully saturated rings. The molecule has 21 heavy (non-hydrogen) atoms. The topological polar surface area (TPSA) is 54.9 Å². The van der Waals surface area contributed by atoms with Crippen molar-refractivity contribution >= 4 is 45.7 Å². The summed E-state index contributed by atoms with van der Waals surface area (Å²) in [4.78, 5) is 20.4. The van der Waals surface area contributed by atoms with E-state index >= 15 is 0 Å². The van der Waals surface area contributed by atoms with E-state index in [4.69, 9.17) is 23.2 Å². The van der Waals surface area contributed by atoms with Crippen molar-refractivity contribution in [3.05, 3.63) is 64.5 Å². The Morgan fingerprint density at radius 2 is 1.76 bits per heavy atom. The van der Waals surface area contributed by atoms with Crippen LogP contribution < -0.4 is 5.32 Å². The van der Waals surface area contributed by atoms with Gasteiger partial charge in [0.2, 0.25) is 0 Å². The highest BCUT2D eigenvalue weighted by Crippen LogP contribution is 2.24. The molecule has 1 N–H and O–H groups in total. The molecule has 1 amide bonds. The molecule has 0 radical (unpaired) electrons. The molecule has 0 aliphatic heterocycles. The summed E-state index contributed by atoms with van der Waals surface area (Å²) in [5.74, 6) is 0.0664. The number of pyridine rings is 2. The molecule has 104 valence electrons. The average molecular weight is 318 g/mol. The van der Waals surface area contributed by atoms with E-state index < -0.39 is 0 Å². The van der Waals surface area contributed by atoms with Crippen molar-refractivity contribution in [3.63, 3.8) is 0 Å². The smallest absolute Gasteiger partial charge is 0.259 e. The van der Waals surface area contributed by atoms with Gasteiger partial charge in [0.1, 0.15) is 16.1 Å². The number of halogens is 2. The van der Waals surface area contributed by atoms with Crippen LogP contribution in [0.1, 0.15) is 10.4 Å². The zero-order valence-electron chi connectivity index (χ0n) is 10.7. The molecule has 0 unspecified atom stereocenters. The molecule has 1 aromatic carbocycles. The van der Waals surface area contributed by atoms with Crippen LogP contribution in [-0.4, -0.2) is 15.9 Å². The standard InChI is InChI=1S/C15H9Cl2N3O/c16-12-6-3-7-13(19-12)20-15(21)11-8-18-14(17)10-5-2-1-4-9(10)11/h1-8H,(H,19,20,21). The Morgan fingerprint density at radius 3 is 2.52 bits per heavy atom. The molecule has 0 saturated carbocycles. The second-order valence-electron chi connectivity index (χ2n) is 4.31. The van der Waals surface area contributed by atoms with Gasteiger partial charge in [-0.05, 0) is 17.5 Å². The first-order valence-electron chi connectivity index (χ1n) is 6.12. The third-order valence-corrected chi connectivity index (χ3v) is 3.46. The summed E-state index contributed by atoms with van der Waals surface area (Å²) in [6, 6.07) is 12.3. The molecule has 0 atom stereocenters. The second kappa shape index (κ2) is 5.68. The van der Waals surface area contributed by atoms with Crippen LogP contribution in [0.15, 0.2) is 48.7 Å². The molecule has 4 nitrogen and oxygen atoms in total. The van der Waals surface area contributed by atoms with E-state index in [0.29, 0.717) is 21.7 Å². The van der Waals surface area contributed by atoms with Crippen molar-refractivity contribution < 1.29 is 4.79 Å². The monoisotopic (exact) mass is 317 g/mol. The molecule has 0 aliphatic rings. The lowest BCUT2D eigenvalue weighted by molar-refractivity contribution is 0.102. The van der Waals surface area contributed by atoms with Crippen molar-refractivity contribution in [1.29, 1.82) is 0 Å². The Labute approximate surface area is 130 Å².